The molecular formula is C11H18N2O4. The molecule has 0 aliphatic heterocycles. The van der Waals surface area contributed by atoms with E-state index in [1.807, 2.05) is 13.0 Å². The lowest BCUT2D eigenvalue weighted by molar-refractivity contribution is -0.145. The molecule has 6 heteroatoms. The second-order valence-corrected chi connectivity index (χ2v) is 3.77. The Morgan fingerprint density at radius 3 is 2.47 bits per heavy atom. The average Bonchev–Trinajstić information content (AvgIpc) is 2.25. The van der Waals surface area contributed by atoms with Crippen molar-refractivity contribution < 1.29 is 19.8 Å². The number of nitrogens with zero attached hydrogens (tertiary/aromatic N) is 2. The molecule has 6 nitrogen and oxygen atoms in total. The molecule has 2 N–H and O–H groups in total. The second-order valence-electron chi connectivity index (χ2n) is 3.77. The lowest BCUT2D eigenvalue weighted by Gasteiger charge is -2.25. The van der Waals surface area contributed by atoms with Crippen LogP contribution in [0.5, 0.6) is 0 Å². The van der Waals surface area contributed by atoms with Gasteiger partial charge in [0.2, 0.25) is 0 Å². The molecular weight excluding hydrogens is 224 g/mol. The van der Waals surface area contributed by atoms with Gasteiger partial charge >= 0.3 is 11.9 Å². The maximum Gasteiger partial charge on any atom is 0.320 e. The predicted molar refractivity (Wildman–Crippen MR) is 60.4 cm³/mol. The average molecular weight is 242 g/mol. The van der Waals surface area contributed by atoms with Crippen LogP contribution in [0, 0.1) is 11.3 Å². The van der Waals surface area contributed by atoms with E-state index in [4.69, 9.17) is 15.5 Å². The Balaban J connectivity index is 4.52. The summed E-state index contributed by atoms with van der Waals surface area (Å²) in [5.41, 5.74) is 0. The van der Waals surface area contributed by atoms with Crippen LogP contribution in [0.4, 0.5) is 0 Å². The Morgan fingerprint density at radius 2 is 2.06 bits per heavy atom. The third-order valence-electron chi connectivity index (χ3n) is 2.44. The quantitative estimate of drug-likeness (QED) is 0.583. The first-order chi connectivity index (χ1) is 8.02. The summed E-state index contributed by atoms with van der Waals surface area (Å²) in [6, 6.07) is 1.10. The topological polar surface area (TPSA) is 102 Å². The highest BCUT2D eigenvalue weighted by Gasteiger charge is 2.24. The minimum absolute atomic E-state index is 0.0615. The highest BCUT2D eigenvalue weighted by Crippen LogP contribution is 2.10. The second kappa shape index (κ2) is 8.53. The van der Waals surface area contributed by atoms with Crippen molar-refractivity contribution >= 4 is 11.9 Å². The first-order valence-corrected chi connectivity index (χ1v) is 5.58. The Kier molecular flexibility index (Phi) is 7.72. The SMILES string of the molecule is CCCCC(C(=O)O)N(CC#N)CCC(=O)O. The lowest BCUT2D eigenvalue weighted by Crippen LogP contribution is -2.42. The zero-order chi connectivity index (χ0) is 13.3. The third-order valence-corrected chi connectivity index (χ3v) is 2.44. The van der Waals surface area contributed by atoms with E-state index in [0.717, 1.165) is 12.8 Å². The smallest absolute Gasteiger partial charge is 0.320 e. The minimum Gasteiger partial charge on any atom is -0.481 e. The fraction of sp³-hybridized carbons (Fsp3) is 0.727. The maximum atomic E-state index is 11.1. The van der Waals surface area contributed by atoms with E-state index in [0.29, 0.717) is 6.42 Å². The largest absolute Gasteiger partial charge is 0.481 e. The van der Waals surface area contributed by atoms with E-state index in [-0.39, 0.29) is 19.5 Å². The van der Waals surface area contributed by atoms with Crippen molar-refractivity contribution in [3.63, 3.8) is 0 Å². The molecule has 0 bridgehead atoms. The Hall–Kier alpha value is -1.61. The molecule has 0 aliphatic rings. The molecule has 0 rings (SSSR count). The summed E-state index contributed by atoms with van der Waals surface area (Å²) in [6.45, 7) is 1.97. The van der Waals surface area contributed by atoms with E-state index < -0.39 is 18.0 Å². The Bertz CT molecular complexity index is 298. The molecule has 0 radical (unpaired) electrons. The van der Waals surface area contributed by atoms with Crippen molar-refractivity contribution in [1.82, 2.24) is 4.90 Å². The van der Waals surface area contributed by atoms with Crippen LogP contribution in [0.2, 0.25) is 0 Å². The van der Waals surface area contributed by atoms with E-state index in [1.165, 1.54) is 4.90 Å². The first kappa shape index (κ1) is 15.4. The molecule has 1 unspecified atom stereocenters. The van der Waals surface area contributed by atoms with Crippen molar-refractivity contribution in [2.75, 3.05) is 13.1 Å². The molecule has 0 aromatic heterocycles. The molecule has 0 saturated heterocycles. The van der Waals surface area contributed by atoms with E-state index in [9.17, 15) is 9.59 Å². The number of rotatable bonds is 9. The standard InChI is InChI=1S/C11H18N2O4/c1-2-3-4-9(11(16)17)13(8-6-12)7-5-10(14)15/h9H,2-5,7-8H2,1H3,(H,14,15)(H,16,17). The van der Waals surface area contributed by atoms with Gasteiger partial charge in [0, 0.05) is 6.54 Å². The minimum atomic E-state index is -1.00. The first-order valence-electron chi connectivity index (χ1n) is 5.58. The number of carboxylic acid groups (broad SMARTS) is 2. The Morgan fingerprint density at radius 1 is 1.41 bits per heavy atom. The monoisotopic (exact) mass is 242 g/mol. The number of hydrogen-bond acceptors (Lipinski definition) is 4. The van der Waals surface area contributed by atoms with Crippen LogP contribution in [0.25, 0.3) is 0 Å². The van der Waals surface area contributed by atoms with Crippen LogP contribution >= 0.6 is 0 Å². The van der Waals surface area contributed by atoms with Crippen LogP contribution in [-0.4, -0.2) is 46.2 Å². The van der Waals surface area contributed by atoms with Gasteiger partial charge in [-0.05, 0) is 6.42 Å². The summed E-state index contributed by atoms with van der Waals surface area (Å²) in [5.74, 6) is -1.99. The molecule has 1 atom stereocenters. The summed E-state index contributed by atoms with van der Waals surface area (Å²) in [6.07, 6.45) is 1.89. The third kappa shape index (κ3) is 6.53. The number of aliphatic carboxylic acids is 2. The molecule has 0 aromatic carbocycles. The lowest BCUT2D eigenvalue weighted by atomic mass is 10.1. The molecule has 0 saturated carbocycles. The fourth-order valence-corrected chi connectivity index (χ4v) is 1.53. The number of nitriles is 1. The molecule has 17 heavy (non-hydrogen) atoms. The van der Waals surface area contributed by atoms with Crippen molar-refractivity contribution in [3.05, 3.63) is 0 Å². The van der Waals surface area contributed by atoms with Gasteiger partial charge < -0.3 is 10.2 Å². The molecule has 0 aromatic rings. The molecule has 0 heterocycles. The zero-order valence-corrected chi connectivity index (χ0v) is 9.93. The molecule has 0 spiro atoms. The van der Waals surface area contributed by atoms with Crippen molar-refractivity contribution in [3.8, 4) is 6.07 Å². The number of unbranched alkanes of at least 4 members (excludes halogenated alkanes) is 1. The van der Waals surface area contributed by atoms with Gasteiger partial charge in [-0.15, -0.1) is 0 Å². The van der Waals surface area contributed by atoms with Crippen LogP contribution in [-0.2, 0) is 9.59 Å². The van der Waals surface area contributed by atoms with Gasteiger partial charge in [0.1, 0.15) is 6.04 Å². The van der Waals surface area contributed by atoms with Gasteiger partial charge in [-0.1, -0.05) is 19.8 Å². The van der Waals surface area contributed by atoms with Crippen molar-refractivity contribution in [1.29, 1.82) is 5.26 Å². The van der Waals surface area contributed by atoms with Gasteiger partial charge in [-0.2, -0.15) is 5.26 Å². The summed E-state index contributed by atoms with van der Waals surface area (Å²) in [5, 5.41) is 26.3. The van der Waals surface area contributed by atoms with Crippen LogP contribution < -0.4 is 0 Å². The van der Waals surface area contributed by atoms with Gasteiger partial charge in [-0.25, -0.2) is 0 Å². The normalized spacial score (nSPS) is 12.1. The van der Waals surface area contributed by atoms with Gasteiger partial charge in [0.25, 0.3) is 0 Å². The maximum absolute atomic E-state index is 11.1. The molecule has 0 aliphatic carbocycles. The summed E-state index contributed by atoms with van der Waals surface area (Å²) >= 11 is 0. The number of carbonyl (C=O) groups is 2. The number of hydrogen-bond donors (Lipinski definition) is 2. The van der Waals surface area contributed by atoms with Crippen LogP contribution in [0.1, 0.15) is 32.6 Å². The molecule has 0 amide bonds. The van der Waals surface area contributed by atoms with E-state index in [2.05, 4.69) is 0 Å². The highest BCUT2D eigenvalue weighted by atomic mass is 16.4. The van der Waals surface area contributed by atoms with Gasteiger partial charge in [0.15, 0.2) is 0 Å². The summed E-state index contributed by atoms with van der Waals surface area (Å²) < 4.78 is 0. The van der Waals surface area contributed by atoms with Gasteiger partial charge in [-0.3, -0.25) is 14.5 Å². The summed E-state index contributed by atoms with van der Waals surface area (Å²) in [4.78, 5) is 22.9. The van der Waals surface area contributed by atoms with E-state index in [1.54, 1.807) is 0 Å². The van der Waals surface area contributed by atoms with Gasteiger partial charge in [0.05, 0.1) is 19.0 Å². The zero-order valence-electron chi connectivity index (χ0n) is 9.93. The number of carboxylic acids is 2. The van der Waals surface area contributed by atoms with E-state index >= 15 is 0 Å². The van der Waals surface area contributed by atoms with Crippen LogP contribution in [0.15, 0.2) is 0 Å². The molecule has 96 valence electrons. The van der Waals surface area contributed by atoms with Crippen LogP contribution in [0.3, 0.4) is 0 Å². The van der Waals surface area contributed by atoms with Crippen molar-refractivity contribution in [2.45, 2.75) is 38.6 Å². The molecule has 0 fully saturated rings. The highest BCUT2D eigenvalue weighted by molar-refractivity contribution is 5.73. The fourth-order valence-electron chi connectivity index (χ4n) is 1.53. The van der Waals surface area contributed by atoms with Crippen molar-refractivity contribution in [2.24, 2.45) is 0 Å². The predicted octanol–water partition coefficient (Wildman–Crippen LogP) is 0.930. The Labute approximate surface area is 100 Å². The summed E-state index contributed by atoms with van der Waals surface area (Å²) in [7, 11) is 0.